The Morgan fingerprint density at radius 1 is 1.26 bits per heavy atom. The minimum atomic E-state index is 0.615. The molecule has 0 saturated heterocycles. The van der Waals surface area contributed by atoms with Crippen LogP contribution in [0.5, 0.6) is 0 Å². The van der Waals surface area contributed by atoms with Crippen LogP contribution < -0.4 is 5.32 Å². The molecule has 0 aliphatic carbocycles. The van der Waals surface area contributed by atoms with E-state index in [1.165, 1.54) is 19.7 Å². The molecule has 98 valence electrons. The van der Waals surface area contributed by atoms with Crippen molar-refractivity contribution in [3.63, 3.8) is 0 Å². The summed E-state index contributed by atoms with van der Waals surface area (Å²) in [5.41, 5.74) is 2.65. The van der Waals surface area contributed by atoms with Crippen LogP contribution in [0.4, 0.5) is 5.69 Å². The Kier molecular flexibility index (Phi) is 4.24. The van der Waals surface area contributed by atoms with Crippen molar-refractivity contribution in [1.82, 2.24) is 0 Å². The normalized spacial score (nSPS) is 17.3. The summed E-state index contributed by atoms with van der Waals surface area (Å²) in [4.78, 5) is 1.43. The second-order valence-electron chi connectivity index (χ2n) is 4.56. The maximum absolute atomic E-state index is 5.97. The van der Waals surface area contributed by atoms with Gasteiger partial charge in [-0.2, -0.15) is 0 Å². The summed E-state index contributed by atoms with van der Waals surface area (Å²) in [6.07, 6.45) is 1.15. The number of thioether (sulfide) groups is 1. The molecule has 1 aliphatic rings. The van der Waals surface area contributed by atoms with Gasteiger partial charge in [0, 0.05) is 31.0 Å². The number of rotatable bonds is 3. The first-order valence-electron chi connectivity index (χ1n) is 6.16. The highest BCUT2D eigenvalue weighted by atomic mass is 127. The Labute approximate surface area is 136 Å². The Hall–Kier alpha value is -0.390. The molecule has 0 fully saturated rings. The molecule has 1 heterocycles. The molecule has 1 nitrogen and oxygen atoms in total. The van der Waals surface area contributed by atoms with E-state index in [1.54, 1.807) is 0 Å². The first-order valence-corrected chi connectivity index (χ1v) is 8.49. The van der Waals surface area contributed by atoms with Crippen molar-refractivity contribution in [2.75, 3.05) is 11.9 Å². The van der Waals surface area contributed by atoms with Crippen molar-refractivity contribution in [2.24, 2.45) is 0 Å². The van der Waals surface area contributed by atoms with E-state index in [0.29, 0.717) is 5.25 Å². The van der Waals surface area contributed by atoms with E-state index in [1.807, 2.05) is 23.9 Å². The summed E-state index contributed by atoms with van der Waals surface area (Å²) in [5.74, 6) is 0. The van der Waals surface area contributed by atoms with Gasteiger partial charge < -0.3 is 5.32 Å². The highest BCUT2D eigenvalue weighted by molar-refractivity contribution is 14.1. The van der Waals surface area contributed by atoms with Gasteiger partial charge in [0.2, 0.25) is 0 Å². The van der Waals surface area contributed by atoms with Crippen molar-refractivity contribution in [2.45, 2.75) is 16.6 Å². The Morgan fingerprint density at radius 3 is 2.89 bits per heavy atom. The van der Waals surface area contributed by atoms with Crippen molar-refractivity contribution in [3.8, 4) is 0 Å². The predicted octanol–water partition coefficient (Wildman–Crippen LogP) is 5.07. The van der Waals surface area contributed by atoms with Gasteiger partial charge in [0.1, 0.15) is 0 Å². The molecule has 2 aromatic rings. The van der Waals surface area contributed by atoms with Gasteiger partial charge in [-0.3, -0.25) is 0 Å². The van der Waals surface area contributed by atoms with Gasteiger partial charge >= 0.3 is 0 Å². The minimum absolute atomic E-state index is 0.615. The van der Waals surface area contributed by atoms with Gasteiger partial charge in [0.15, 0.2) is 0 Å². The van der Waals surface area contributed by atoms with Gasteiger partial charge in [0.25, 0.3) is 0 Å². The number of anilines is 1. The number of nitrogens with one attached hydrogen (secondary N) is 1. The fraction of sp³-hybridized carbons (Fsp3) is 0.200. The van der Waals surface area contributed by atoms with Crippen LogP contribution in [0.25, 0.3) is 0 Å². The molecule has 1 unspecified atom stereocenters. The molecule has 2 aromatic carbocycles. The zero-order valence-corrected chi connectivity index (χ0v) is 13.9. The lowest BCUT2D eigenvalue weighted by molar-refractivity contribution is 0.898. The van der Waals surface area contributed by atoms with E-state index >= 15 is 0 Å². The van der Waals surface area contributed by atoms with Crippen LogP contribution in [0.2, 0.25) is 5.02 Å². The second kappa shape index (κ2) is 5.94. The van der Waals surface area contributed by atoms with Crippen LogP contribution in [0.1, 0.15) is 5.56 Å². The van der Waals surface area contributed by atoms with Crippen molar-refractivity contribution < 1.29 is 0 Å². The van der Waals surface area contributed by atoms with Gasteiger partial charge in [0.05, 0.1) is 0 Å². The summed E-state index contributed by atoms with van der Waals surface area (Å²) >= 11 is 10.3. The smallest absolute Gasteiger partial charge is 0.0477 e. The molecule has 19 heavy (non-hydrogen) atoms. The van der Waals surface area contributed by atoms with E-state index < -0.39 is 0 Å². The number of fused-ring (bicyclic) bond motifs is 1. The molecule has 1 aliphatic heterocycles. The summed E-state index contributed by atoms with van der Waals surface area (Å²) in [6.45, 7) is 0.983. The van der Waals surface area contributed by atoms with Crippen LogP contribution in [0.3, 0.4) is 0 Å². The van der Waals surface area contributed by atoms with Crippen LogP contribution in [-0.2, 0) is 6.42 Å². The molecule has 0 saturated carbocycles. The van der Waals surface area contributed by atoms with Gasteiger partial charge in [-0.05, 0) is 58.8 Å². The minimum Gasteiger partial charge on any atom is -0.383 e. The molecule has 1 atom stereocenters. The highest BCUT2D eigenvalue weighted by Gasteiger charge is 2.21. The summed E-state index contributed by atoms with van der Waals surface area (Å²) in [5, 5.41) is 4.93. The molecular weight excluding hydrogens is 389 g/mol. The maximum atomic E-state index is 5.97. The lowest BCUT2D eigenvalue weighted by Crippen LogP contribution is -2.16. The molecule has 1 N–H and O–H groups in total. The van der Waals surface area contributed by atoms with Gasteiger partial charge in [-0.25, -0.2) is 0 Å². The highest BCUT2D eigenvalue weighted by Crippen LogP contribution is 2.36. The second-order valence-corrected chi connectivity index (χ2v) is 7.50. The third kappa shape index (κ3) is 3.20. The molecule has 0 aromatic heterocycles. The monoisotopic (exact) mass is 401 g/mol. The largest absolute Gasteiger partial charge is 0.383 e. The van der Waals surface area contributed by atoms with Crippen molar-refractivity contribution in [3.05, 3.63) is 56.6 Å². The molecule has 3 rings (SSSR count). The molecule has 0 spiro atoms. The molecule has 0 radical (unpaired) electrons. The van der Waals surface area contributed by atoms with Crippen LogP contribution >= 0.6 is 46.0 Å². The van der Waals surface area contributed by atoms with Crippen molar-refractivity contribution in [1.29, 1.82) is 0 Å². The lowest BCUT2D eigenvalue weighted by Gasteiger charge is -2.13. The Morgan fingerprint density at radius 2 is 2.11 bits per heavy atom. The quantitative estimate of drug-likeness (QED) is 0.720. The van der Waals surface area contributed by atoms with Crippen molar-refractivity contribution >= 4 is 51.6 Å². The average Bonchev–Trinajstić information content (AvgIpc) is 2.80. The first-order chi connectivity index (χ1) is 9.22. The van der Waals surface area contributed by atoms with E-state index in [-0.39, 0.29) is 0 Å². The zero-order chi connectivity index (χ0) is 13.2. The predicted molar refractivity (Wildman–Crippen MR) is 92.4 cm³/mol. The van der Waals surface area contributed by atoms with Crippen LogP contribution in [0, 0.1) is 3.57 Å². The lowest BCUT2D eigenvalue weighted by atomic mass is 10.1. The number of hydrogen-bond acceptors (Lipinski definition) is 2. The third-order valence-corrected chi connectivity index (χ3v) is 5.61. The standard InChI is InChI=1S/C15H13ClINS/c16-11-5-6-14(13(17)8-11)18-9-12-7-10-3-1-2-4-15(10)19-12/h1-6,8,12,18H,7,9H2. The fourth-order valence-electron chi connectivity index (χ4n) is 2.22. The molecule has 4 heteroatoms. The first kappa shape index (κ1) is 13.6. The topological polar surface area (TPSA) is 12.0 Å². The summed E-state index contributed by atoms with van der Waals surface area (Å²) in [6, 6.07) is 14.7. The fourth-order valence-corrected chi connectivity index (χ4v) is 4.54. The van der Waals surface area contributed by atoms with E-state index in [0.717, 1.165) is 18.0 Å². The van der Waals surface area contributed by atoms with E-state index in [9.17, 15) is 0 Å². The van der Waals surface area contributed by atoms with E-state index in [4.69, 9.17) is 11.6 Å². The Bertz CT molecular complexity index is 577. The molecular formula is C15H13ClINS. The Balaban J connectivity index is 1.63. The average molecular weight is 402 g/mol. The van der Waals surface area contributed by atoms with Gasteiger partial charge in [-0.15, -0.1) is 11.8 Å². The number of hydrogen-bond donors (Lipinski definition) is 1. The van der Waals surface area contributed by atoms with Crippen LogP contribution in [-0.4, -0.2) is 11.8 Å². The van der Waals surface area contributed by atoms with Gasteiger partial charge in [-0.1, -0.05) is 29.8 Å². The SMILES string of the molecule is Clc1ccc(NCC2Cc3ccccc3S2)c(I)c1. The number of halogens is 2. The maximum Gasteiger partial charge on any atom is 0.0477 e. The number of benzene rings is 2. The third-order valence-electron chi connectivity index (χ3n) is 3.17. The van der Waals surface area contributed by atoms with E-state index in [2.05, 4.69) is 58.2 Å². The molecule has 0 bridgehead atoms. The summed E-state index contributed by atoms with van der Waals surface area (Å²) in [7, 11) is 0. The molecule has 0 amide bonds. The summed E-state index contributed by atoms with van der Waals surface area (Å²) < 4.78 is 1.17. The van der Waals surface area contributed by atoms with Crippen LogP contribution in [0.15, 0.2) is 47.4 Å². The zero-order valence-electron chi connectivity index (χ0n) is 10.2.